The second-order valence-electron chi connectivity index (χ2n) is 4.89. The van der Waals surface area contributed by atoms with Gasteiger partial charge in [0.15, 0.2) is 11.6 Å². The molecule has 0 fully saturated rings. The summed E-state index contributed by atoms with van der Waals surface area (Å²) >= 11 is 0. The molecular weight excluding hydrogens is 311 g/mol. The fourth-order valence-electron chi connectivity index (χ4n) is 2.13. The van der Waals surface area contributed by atoms with E-state index in [1.165, 1.54) is 36.4 Å². The number of ether oxygens (including phenoxy) is 1. The summed E-state index contributed by atoms with van der Waals surface area (Å²) in [6.07, 6.45) is 0. The van der Waals surface area contributed by atoms with Gasteiger partial charge in [0, 0.05) is 17.7 Å². The van der Waals surface area contributed by atoms with E-state index in [4.69, 9.17) is 10.00 Å². The van der Waals surface area contributed by atoms with Crippen LogP contribution in [0.25, 0.3) is 11.3 Å². The molecule has 118 valence electrons. The largest absolute Gasteiger partial charge is 0.507 e. The van der Waals surface area contributed by atoms with Gasteiger partial charge >= 0.3 is 0 Å². The van der Waals surface area contributed by atoms with Crippen LogP contribution in [0.15, 0.2) is 54.6 Å². The van der Waals surface area contributed by atoms with E-state index < -0.39 is 11.6 Å². The van der Waals surface area contributed by atoms with E-state index >= 15 is 0 Å². The summed E-state index contributed by atoms with van der Waals surface area (Å²) in [4.78, 5) is 4.20. The number of benzene rings is 2. The lowest BCUT2D eigenvalue weighted by molar-refractivity contribution is 0.433. The molecule has 0 saturated carbocycles. The van der Waals surface area contributed by atoms with Crippen molar-refractivity contribution >= 4 is 0 Å². The first-order valence-electron chi connectivity index (χ1n) is 6.94. The second kappa shape index (κ2) is 6.26. The average molecular weight is 322 g/mol. The monoisotopic (exact) mass is 322 g/mol. The normalized spacial score (nSPS) is 10.2. The number of aromatic nitrogens is 1. The number of rotatable bonds is 3. The molecule has 0 aliphatic heterocycles. The fourth-order valence-corrected chi connectivity index (χ4v) is 2.13. The maximum absolute atomic E-state index is 14.0. The lowest BCUT2D eigenvalue weighted by Crippen LogP contribution is -1.92. The van der Waals surface area contributed by atoms with Crippen LogP contribution in [0, 0.1) is 17.1 Å². The Bertz CT molecular complexity index is 951. The van der Waals surface area contributed by atoms with Gasteiger partial charge in [0.05, 0.1) is 11.3 Å². The van der Waals surface area contributed by atoms with Crippen molar-refractivity contribution in [2.24, 2.45) is 0 Å². The smallest absolute Gasteiger partial charge is 0.219 e. The summed E-state index contributed by atoms with van der Waals surface area (Å²) in [6.45, 7) is 0. The van der Waals surface area contributed by atoms with E-state index in [0.717, 1.165) is 0 Å². The summed E-state index contributed by atoms with van der Waals surface area (Å²) in [6, 6.07) is 15.1. The molecule has 0 aliphatic carbocycles. The molecule has 0 bridgehead atoms. The quantitative estimate of drug-likeness (QED) is 0.762. The maximum Gasteiger partial charge on any atom is 0.219 e. The van der Waals surface area contributed by atoms with Crippen LogP contribution in [0.5, 0.6) is 23.1 Å². The standard InChI is InChI=1S/C18H11FN2O3/c19-18-13(3-1-5-16(18)23)14-4-2-6-17(21-14)24-12-7-8-15(22)11(9-12)10-20/h1-9,22-23H. The SMILES string of the molecule is N#Cc1cc(Oc2cccc(-c3cccc(O)c3F)n2)ccc1O. The molecule has 1 heterocycles. The van der Waals surface area contributed by atoms with Crippen LogP contribution in [-0.2, 0) is 0 Å². The van der Waals surface area contributed by atoms with Gasteiger partial charge in [-0.25, -0.2) is 9.37 Å². The Morgan fingerprint density at radius 3 is 2.58 bits per heavy atom. The summed E-state index contributed by atoms with van der Waals surface area (Å²) < 4.78 is 19.5. The van der Waals surface area contributed by atoms with E-state index in [1.807, 2.05) is 6.07 Å². The number of hydrogen-bond acceptors (Lipinski definition) is 5. The number of halogens is 1. The lowest BCUT2D eigenvalue weighted by atomic mass is 10.1. The minimum absolute atomic E-state index is 0.0719. The van der Waals surface area contributed by atoms with Crippen LogP contribution in [0.2, 0.25) is 0 Å². The van der Waals surface area contributed by atoms with Crippen LogP contribution in [-0.4, -0.2) is 15.2 Å². The molecule has 24 heavy (non-hydrogen) atoms. The number of nitrogens with zero attached hydrogens (tertiary/aromatic N) is 2. The molecule has 3 aromatic rings. The minimum atomic E-state index is -0.765. The van der Waals surface area contributed by atoms with Crippen LogP contribution in [0.3, 0.4) is 0 Å². The summed E-state index contributed by atoms with van der Waals surface area (Å²) in [5, 5.41) is 27.9. The van der Waals surface area contributed by atoms with Crippen molar-refractivity contribution in [3.63, 3.8) is 0 Å². The van der Waals surface area contributed by atoms with Gasteiger partial charge in [-0.15, -0.1) is 0 Å². The van der Waals surface area contributed by atoms with E-state index in [9.17, 15) is 14.6 Å². The molecule has 3 rings (SSSR count). The van der Waals surface area contributed by atoms with Crippen molar-refractivity contribution in [3.05, 3.63) is 66.0 Å². The molecule has 0 spiro atoms. The van der Waals surface area contributed by atoms with Crippen molar-refractivity contribution in [3.8, 4) is 40.5 Å². The molecule has 0 saturated heterocycles. The number of phenols is 2. The molecule has 0 unspecified atom stereocenters. The van der Waals surface area contributed by atoms with E-state index in [1.54, 1.807) is 18.2 Å². The Balaban J connectivity index is 1.94. The number of pyridine rings is 1. The number of hydrogen-bond donors (Lipinski definition) is 2. The van der Waals surface area contributed by atoms with Crippen LogP contribution < -0.4 is 4.74 Å². The van der Waals surface area contributed by atoms with E-state index in [0.29, 0.717) is 11.4 Å². The highest BCUT2D eigenvalue weighted by Crippen LogP contribution is 2.30. The van der Waals surface area contributed by atoms with Crippen LogP contribution in [0.4, 0.5) is 4.39 Å². The zero-order valence-corrected chi connectivity index (χ0v) is 12.3. The third-order valence-corrected chi connectivity index (χ3v) is 3.29. The molecule has 0 aliphatic rings. The van der Waals surface area contributed by atoms with Gasteiger partial charge in [0.2, 0.25) is 5.88 Å². The first-order chi connectivity index (χ1) is 11.6. The average Bonchev–Trinajstić information content (AvgIpc) is 2.59. The molecule has 2 aromatic carbocycles. The maximum atomic E-state index is 14.0. The highest BCUT2D eigenvalue weighted by molar-refractivity contribution is 5.62. The van der Waals surface area contributed by atoms with Crippen molar-refractivity contribution in [1.82, 2.24) is 4.98 Å². The van der Waals surface area contributed by atoms with Crippen molar-refractivity contribution in [2.75, 3.05) is 0 Å². The molecule has 6 heteroatoms. The Kier molecular flexibility index (Phi) is 4.00. The zero-order valence-electron chi connectivity index (χ0n) is 12.3. The van der Waals surface area contributed by atoms with E-state index in [2.05, 4.69) is 4.98 Å². The molecule has 1 aromatic heterocycles. The molecule has 0 atom stereocenters. The second-order valence-corrected chi connectivity index (χ2v) is 4.89. The summed E-state index contributed by atoms with van der Waals surface area (Å²) in [7, 11) is 0. The van der Waals surface area contributed by atoms with Gasteiger partial charge in [0.1, 0.15) is 17.6 Å². The predicted molar refractivity (Wildman–Crippen MR) is 84.2 cm³/mol. The van der Waals surface area contributed by atoms with Crippen molar-refractivity contribution in [2.45, 2.75) is 0 Å². The highest BCUT2D eigenvalue weighted by Gasteiger charge is 2.11. The van der Waals surface area contributed by atoms with Crippen LogP contribution >= 0.6 is 0 Å². The Morgan fingerprint density at radius 2 is 1.79 bits per heavy atom. The van der Waals surface area contributed by atoms with Gasteiger partial charge in [-0.05, 0) is 30.3 Å². The summed E-state index contributed by atoms with van der Waals surface area (Å²) in [5.41, 5.74) is 0.506. The Hall–Kier alpha value is -3.59. The lowest BCUT2D eigenvalue weighted by Gasteiger charge is -2.08. The molecule has 2 N–H and O–H groups in total. The number of nitriles is 1. The third kappa shape index (κ3) is 2.96. The van der Waals surface area contributed by atoms with Gasteiger partial charge < -0.3 is 14.9 Å². The van der Waals surface area contributed by atoms with Crippen molar-refractivity contribution < 1.29 is 19.3 Å². The molecule has 0 radical (unpaired) electrons. The zero-order chi connectivity index (χ0) is 17.1. The first kappa shape index (κ1) is 15.3. The molecule has 0 amide bonds. The minimum Gasteiger partial charge on any atom is -0.507 e. The van der Waals surface area contributed by atoms with Gasteiger partial charge in [-0.3, -0.25) is 0 Å². The highest BCUT2D eigenvalue weighted by atomic mass is 19.1. The topological polar surface area (TPSA) is 86.4 Å². The van der Waals surface area contributed by atoms with E-state index in [-0.39, 0.29) is 22.8 Å². The molecule has 5 nitrogen and oxygen atoms in total. The van der Waals surface area contributed by atoms with Gasteiger partial charge in [-0.2, -0.15) is 5.26 Å². The van der Waals surface area contributed by atoms with Gasteiger partial charge in [0.25, 0.3) is 0 Å². The Labute approximate surface area is 136 Å². The number of aromatic hydroxyl groups is 2. The van der Waals surface area contributed by atoms with Crippen LogP contribution in [0.1, 0.15) is 5.56 Å². The fraction of sp³-hybridized carbons (Fsp3) is 0. The first-order valence-corrected chi connectivity index (χ1v) is 6.94. The number of phenolic OH excluding ortho intramolecular Hbond substituents is 2. The molecular formula is C18H11FN2O3. The summed E-state index contributed by atoms with van der Waals surface area (Å²) in [5.74, 6) is -0.875. The van der Waals surface area contributed by atoms with Crippen molar-refractivity contribution in [1.29, 1.82) is 5.26 Å². The predicted octanol–water partition coefficient (Wildman–Crippen LogP) is 3.96. The third-order valence-electron chi connectivity index (χ3n) is 3.29. The Morgan fingerprint density at radius 1 is 1.00 bits per heavy atom. The van der Waals surface area contributed by atoms with Gasteiger partial charge in [-0.1, -0.05) is 12.1 Å².